The molecule has 0 aromatic heterocycles. The SMILES string of the molecule is O=C(O)COc1ccc(Oc2ccc(O)cc2)c(Cl)c1Cl. The van der Waals surface area contributed by atoms with Crippen molar-refractivity contribution in [2.75, 3.05) is 6.61 Å². The highest BCUT2D eigenvalue weighted by molar-refractivity contribution is 6.43. The maximum absolute atomic E-state index is 10.5. The van der Waals surface area contributed by atoms with E-state index < -0.39 is 12.6 Å². The summed E-state index contributed by atoms with van der Waals surface area (Å²) in [6, 6.07) is 9.04. The first kappa shape index (κ1) is 15.3. The van der Waals surface area contributed by atoms with Gasteiger partial charge in [-0.05, 0) is 36.4 Å². The summed E-state index contributed by atoms with van der Waals surface area (Å²) >= 11 is 12.1. The molecule has 0 atom stereocenters. The average molecular weight is 329 g/mol. The highest BCUT2D eigenvalue weighted by atomic mass is 35.5. The van der Waals surface area contributed by atoms with E-state index in [9.17, 15) is 9.90 Å². The van der Waals surface area contributed by atoms with Crippen LogP contribution in [-0.2, 0) is 4.79 Å². The lowest BCUT2D eigenvalue weighted by molar-refractivity contribution is -0.139. The molecule has 0 fully saturated rings. The van der Waals surface area contributed by atoms with E-state index in [-0.39, 0.29) is 27.3 Å². The van der Waals surface area contributed by atoms with Crippen LogP contribution in [0.25, 0.3) is 0 Å². The molecule has 0 saturated carbocycles. The second-order valence-electron chi connectivity index (χ2n) is 3.97. The van der Waals surface area contributed by atoms with Gasteiger partial charge in [0.1, 0.15) is 33.0 Å². The summed E-state index contributed by atoms with van der Waals surface area (Å²) in [5, 5.41) is 17.9. The number of carboxylic acid groups (broad SMARTS) is 1. The second kappa shape index (κ2) is 6.56. The van der Waals surface area contributed by atoms with Gasteiger partial charge >= 0.3 is 5.97 Å². The Morgan fingerprint density at radius 3 is 2.19 bits per heavy atom. The van der Waals surface area contributed by atoms with E-state index in [2.05, 4.69) is 0 Å². The zero-order valence-electron chi connectivity index (χ0n) is 10.5. The summed E-state index contributed by atoms with van der Waals surface area (Å²) in [6.07, 6.45) is 0. The first-order valence-electron chi connectivity index (χ1n) is 5.77. The Labute approximate surface area is 130 Å². The van der Waals surface area contributed by atoms with Gasteiger partial charge in [-0.15, -0.1) is 0 Å². The van der Waals surface area contributed by atoms with E-state index in [1.807, 2.05) is 0 Å². The predicted octanol–water partition coefficient (Wildman–Crippen LogP) is 3.95. The molecule has 0 amide bonds. The van der Waals surface area contributed by atoms with E-state index in [0.29, 0.717) is 5.75 Å². The first-order chi connectivity index (χ1) is 9.97. The summed E-state index contributed by atoms with van der Waals surface area (Å²) in [7, 11) is 0. The van der Waals surface area contributed by atoms with E-state index in [0.717, 1.165) is 0 Å². The normalized spacial score (nSPS) is 10.2. The Kier molecular flexibility index (Phi) is 4.77. The van der Waals surface area contributed by atoms with Gasteiger partial charge in [0.25, 0.3) is 0 Å². The third kappa shape index (κ3) is 3.93. The van der Waals surface area contributed by atoms with Crippen molar-refractivity contribution in [3.63, 3.8) is 0 Å². The van der Waals surface area contributed by atoms with Gasteiger partial charge in [0.05, 0.1) is 0 Å². The molecule has 21 heavy (non-hydrogen) atoms. The molecule has 0 heterocycles. The van der Waals surface area contributed by atoms with E-state index >= 15 is 0 Å². The fraction of sp³-hybridized carbons (Fsp3) is 0.0714. The fourth-order valence-electron chi connectivity index (χ4n) is 1.48. The quantitative estimate of drug-likeness (QED) is 0.868. The monoisotopic (exact) mass is 328 g/mol. The third-order valence-electron chi connectivity index (χ3n) is 2.43. The van der Waals surface area contributed by atoms with Gasteiger partial charge in [-0.2, -0.15) is 0 Å². The Balaban J connectivity index is 2.19. The number of carbonyl (C=O) groups is 1. The molecule has 5 nitrogen and oxygen atoms in total. The van der Waals surface area contributed by atoms with Crippen LogP contribution in [0.3, 0.4) is 0 Å². The molecule has 110 valence electrons. The van der Waals surface area contributed by atoms with Crippen LogP contribution in [-0.4, -0.2) is 22.8 Å². The molecular weight excluding hydrogens is 319 g/mol. The van der Waals surface area contributed by atoms with Crippen molar-refractivity contribution in [3.05, 3.63) is 46.4 Å². The zero-order valence-corrected chi connectivity index (χ0v) is 12.1. The Morgan fingerprint density at radius 1 is 1.00 bits per heavy atom. The standard InChI is InChI=1S/C14H10Cl2O5/c15-13-10(20-7-12(18)19)5-6-11(14(13)16)21-9-3-1-8(17)2-4-9/h1-6,17H,7H2,(H,18,19). The van der Waals surface area contributed by atoms with Crippen LogP contribution < -0.4 is 9.47 Å². The molecule has 0 bridgehead atoms. The van der Waals surface area contributed by atoms with Crippen molar-refractivity contribution >= 4 is 29.2 Å². The van der Waals surface area contributed by atoms with Crippen molar-refractivity contribution in [2.45, 2.75) is 0 Å². The van der Waals surface area contributed by atoms with Crippen molar-refractivity contribution in [3.8, 4) is 23.0 Å². The van der Waals surface area contributed by atoms with E-state index in [1.54, 1.807) is 12.1 Å². The lowest BCUT2D eigenvalue weighted by Crippen LogP contribution is -2.09. The summed E-state index contributed by atoms with van der Waals surface area (Å²) in [4.78, 5) is 10.5. The molecule has 0 aliphatic carbocycles. The summed E-state index contributed by atoms with van der Waals surface area (Å²) in [5.41, 5.74) is 0. The molecule has 2 N–H and O–H groups in total. The highest BCUT2D eigenvalue weighted by Crippen LogP contribution is 2.40. The summed E-state index contributed by atoms with van der Waals surface area (Å²) < 4.78 is 10.5. The zero-order chi connectivity index (χ0) is 15.4. The topological polar surface area (TPSA) is 76.0 Å². The second-order valence-corrected chi connectivity index (χ2v) is 4.72. The molecule has 2 aromatic carbocycles. The van der Waals surface area contributed by atoms with Gasteiger partial charge in [-0.1, -0.05) is 23.2 Å². The molecule has 0 saturated heterocycles. The minimum Gasteiger partial charge on any atom is -0.508 e. The Hall–Kier alpha value is -2.11. The third-order valence-corrected chi connectivity index (χ3v) is 3.27. The van der Waals surface area contributed by atoms with Gasteiger partial charge in [-0.3, -0.25) is 0 Å². The molecule has 0 aliphatic rings. The first-order valence-corrected chi connectivity index (χ1v) is 6.52. The van der Waals surface area contributed by atoms with Crippen LogP contribution in [0.4, 0.5) is 0 Å². The molecule has 2 rings (SSSR count). The summed E-state index contributed by atoms with van der Waals surface area (Å²) in [5.74, 6) is -0.0994. The van der Waals surface area contributed by atoms with E-state index in [1.165, 1.54) is 24.3 Å². The van der Waals surface area contributed by atoms with Crippen molar-refractivity contribution in [1.29, 1.82) is 0 Å². The number of aliphatic carboxylic acids is 1. The molecule has 0 spiro atoms. The van der Waals surface area contributed by atoms with Gasteiger partial charge in [0.15, 0.2) is 6.61 Å². The highest BCUT2D eigenvalue weighted by Gasteiger charge is 2.14. The molecule has 0 radical (unpaired) electrons. The van der Waals surface area contributed by atoms with E-state index in [4.69, 9.17) is 37.8 Å². The number of phenols is 1. The van der Waals surface area contributed by atoms with Gasteiger partial charge < -0.3 is 19.7 Å². The maximum Gasteiger partial charge on any atom is 0.341 e. The predicted molar refractivity (Wildman–Crippen MR) is 77.8 cm³/mol. The van der Waals surface area contributed by atoms with Crippen molar-refractivity contribution in [2.24, 2.45) is 0 Å². The minimum absolute atomic E-state index is 0.0641. The van der Waals surface area contributed by atoms with Gasteiger partial charge in [-0.25, -0.2) is 4.79 Å². The Morgan fingerprint density at radius 2 is 1.57 bits per heavy atom. The molecular formula is C14H10Cl2O5. The molecule has 0 unspecified atom stereocenters. The van der Waals surface area contributed by atoms with Gasteiger partial charge in [0.2, 0.25) is 0 Å². The van der Waals surface area contributed by atoms with Crippen LogP contribution in [0.5, 0.6) is 23.0 Å². The smallest absolute Gasteiger partial charge is 0.341 e. The van der Waals surface area contributed by atoms with Crippen LogP contribution in [0, 0.1) is 0 Å². The number of hydrogen-bond acceptors (Lipinski definition) is 4. The Bertz CT molecular complexity index is 655. The molecule has 0 aliphatic heterocycles. The maximum atomic E-state index is 10.5. The van der Waals surface area contributed by atoms with Crippen LogP contribution in [0.15, 0.2) is 36.4 Å². The van der Waals surface area contributed by atoms with Crippen molar-refractivity contribution < 1.29 is 24.5 Å². The number of benzene rings is 2. The minimum atomic E-state index is -1.12. The molecule has 7 heteroatoms. The molecule has 2 aromatic rings. The lowest BCUT2D eigenvalue weighted by Gasteiger charge is -2.12. The number of hydrogen-bond donors (Lipinski definition) is 2. The number of rotatable bonds is 5. The number of halogens is 2. The number of aromatic hydroxyl groups is 1. The van der Waals surface area contributed by atoms with Crippen molar-refractivity contribution in [1.82, 2.24) is 0 Å². The van der Waals surface area contributed by atoms with Gasteiger partial charge in [0, 0.05) is 0 Å². The summed E-state index contributed by atoms with van der Waals surface area (Å²) in [6.45, 7) is -0.520. The van der Waals surface area contributed by atoms with Crippen LogP contribution >= 0.6 is 23.2 Å². The number of phenolic OH excluding ortho intramolecular Hbond substituents is 1. The largest absolute Gasteiger partial charge is 0.508 e. The fourth-order valence-corrected chi connectivity index (χ4v) is 1.89. The van der Waals surface area contributed by atoms with Crippen LogP contribution in [0.2, 0.25) is 10.0 Å². The number of ether oxygens (including phenoxy) is 2. The number of carboxylic acids is 1. The van der Waals surface area contributed by atoms with Crippen LogP contribution in [0.1, 0.15) is 0 Å². The lowest BCUT2D eigenvalue weighted by atomic mass is 10.3. The average Bonchev–Trinajstić information content (AvgIpc) is 2.45.